The largest absolute Gasteiger partial charge is 0.387 e. The van der Waals surface area contributed by atoms with Crippen LogP contribution in [-0.2, 0) is 0 Å². The molecule has 0 amide bonds. The molecule has 0 aliphatic rings. The Morgan fingerprint density at radius 1 is 1.53 bits per heavy atom. The van der Waals surface area contributed by atoms with Gasteiger partial charge in [0.25, 0.3) is 0 Å². The number of hydrogen-bond acceptors (Lipinski definition) is 3. The number of rotatable bonds is 3. The van der Waals surface area contributed by atoms with Crippen LogP contribution < -0.4 is 0 Å². The van der Waals surface area contributed by atoms with Gasteiger partial charge in [0.2, 0.25) is 0 Å². The second-order valence-electron chi connectivity index (χ2n) is 3.58. The lowest BCUT2D eigenvalue weighted by Crippen LogP contribution is -1.96. The van der Waals surface area contributed by atoms with Crippen LogP contribution in [0.15, 0.2) is 28.9 Å². The Balaban J connectivity index is 2.40. The van der Waals surface area contributed by atoms with E-state index in [4.69, 9.17) is 11.6 Å². The van der Waals surface area contributed by atoms with E-state index in [-0.39, 0.29) is 0 Å². The van der Waals surface area contributed by atoms with Crippen molar-refractivity contribution >= 4 is 27.5 Å². The van der Waals surface area contributed by atoms with E-state index < -0.39 is 6.10 Å². The van der Waals surface area contributed by atoms with E-state index in [0.717, 1.165) is 10.2 Å². The van der Waals surface area contributed by atoms with Crippen molar-refractivity contribution in [2.45, 2.75) is 19.4 Å². The lowest BCUT2D eigenvalue weighted by molar-refractivity contribution is 0.169. The van der Waals surface area contributed by atoms with Gasteiger partial charge in [0.05, 0.1) is 27.5 Å². The molecule has 4 nitrogen and oxygen atoms in total. The third-order valence-electron chi connectivity index (χ3n) is 2.42. The molecule has 1 N–H and O–H groups in total. The first-order valence-corrected chi connectivity index (χ1v) is 6.35. The van der Waals surface area contributed by atoms with Gasteiger partial charge in [0.1, 0.15) is 5.69 Å². The lowest BCUT2D eigenvalue weighted by atomic mass is 10.2. The second-order valence-corrected chi connectivity index (χ2v) is 4.79. The van der Waals surface area contributed by atoms with Gasteiger partial charge >= 0.3 is 0 Å². The van der Waals surface area contributed by atoms with Gasteiger partial charge in [-0.3, -0.25) is 0 Å². The van der Waals surface area contributed by atoms with E-state index in [1.54, 1.807) is 16.9 Å². The van der Waals surface area contributed by atoms with Gasteiger partial charge in [-0.15, -0.1) is 5.10 Å². The molecule has 1 unspecified atom stereocenters. The first-order valence-electron chi connectivity index (χ1n) is 5.18. The second kappa shape index (κ2) is 5.16. The normalized spacial score (nSPS) is 12.7. The number of halogens is 2. The average molecular weight is 317 g/mol. The van der Waals surface area contributed by atoms with Crippen LogP contribution in [0, 0.1) is 0 Å². The molecular formula is C11H11BrClN3O. The van der Waals surface area contributed by atoms with E-state index in [1.807, 2.05) is 19.1 Å². The minimum atomic E-state index is -0.582. The van der Waals surface area contributed by atoms with Crippen molar-refractivity contribution in [2.24, 2.45) is 0 Å². The molecule has 0 saturated carbocycles. The van der Waals surface area contributed by atoms with Gasteiger partial charge in [-0.05, 0) is 34.5 Å². The fourth-order valence-corrected chi connectivity index (χ4v) is 2.04. The predicted molar refractivity (Wildman–Crippen MR) is 69.3 cm³/mol. The molecule has 1 aromatic carbocycles. The molecule has 2 rings (SSSR count). The molecule has 90 valence electrons. The molecular weight excluding hydrogens is 305 g/mol. The summed E-state index contributed by atoms with van der Waals surface area (Å²) >= 11 is 9.40. The van der Waals surface area contributed by atoms with E-state index in [1.165, 1.54) is 0 Å². The molecule has 1 atom stereocenters. The van der Waals surface area contributed by atoms with Crippen LogP contribution in [-0.4, -0.2) is 20.1 Å². The van der Waals surface area contributed by atoms with E-state index in [0.29, 0.717) is 17.1 Å². The third kappa shape index (κ3) is 2.51. The quantitative estimate of drug-likeness (QED) is 0.946. The molecule has 0 fully saturated rings. The Hall–Kier alpha value is -0.910. The summed E-state index contributed by atoms with van der Waals surface area (Å²) in [5.74, 6) is 0. The van der Waals surface area contributed by atoms with Crippen molar-refractivity contribution in [3.63, 3.8) is 0 Å². The van der Waals surface area contributed by atoms with Crippen molar-refractivity contribution in [2.75, 3.05) is 0 Å². The third-order valence-corrected chi connectivity index (χ3v) is 3.79. The first kappa shape index (κ1) is 12.5. The van der Waals surface area contributed by atoms with Gasteiger partial charge in [-0.1, -0.05) is 29.8 Å². The van der Waals surface area contributed by atoms with Crippen molar-refractivity contribution < 1.29 is 5.11 Å². The Morgan fingerprint density at radius 3 is 3.00 bits per heavy atom. The van der Waals surface area contributed by atoms with Crippen LogP contribution in [0.4, 0.5) is 0 Å². The van der Waals surface area contributed by atoms with Crippen LogP contribution in [0.25, 0.3) is 5.69 Å². The average Bonchev–Trinajstić information content (AvgIpc) is 2.81. The van der Waals surface area contributed by atoms with Crippen LogP contribution in [0.3, 0.4) is 0 Å². The highest BCUT2D eigenvalue weighted by Crippen LogP contribution is 2.28. The molecule has 0 aliphatic carbocycles. The minimum Gasteiger partial charge on any atom is -0.387 e. The molecule has 1 heterocycles. The molecule has 6 heteroatoms. The van der Waals surface area contributed by atoms with Gasteiger partial charge in [0.15, 0.2) is 0 Å². The van der Waals surface area contributed by atoms with Crippen LogP contribution in [0.5, 0.6) is 0 Å². The van der Waals surface area contributed by atoms with E-state index >= 15 is 0 Å². The Bertz CT molecular complexity index is 529. The van der Waals surface area contributed by atoms with Crippen LogP contribution in [0.1, 0.15) is 25.1 Å². The monoisotopic (exact) mass is 315 g/mol. The Morgan fingerprint density at radius 2 is 2.29 bits per heavy atom. The summed E-state index contributed by atoms with van der Waals surface area (Å²) in [6.45, 7) is 1.89. The molecule has 0 saturated heterocycles. The van der Waals surface area contributed by atoms with Crippen molar-refractivity contribution in [1.29, 1.82) is 0 Å². The summed E-state index contributed by atoms with van der Waals surface area (Å²) in [4.78, 5) is 0. The summed E-state index contributed by atoms with van der Waals surface area (Å²) in [6.07, 6.45) is 1.72. The predicted octanol–water partition coefficient (Wildman–Crippen LogP) is 3.13. The molecule has 2 aromatic rings. The maximum Gasteiger partial charge on any atom is 0.112 e. The van der Waals surface area contributed by atoms with Gasteiger partial charge in [-0.2, -0.15) is 0 Å². The number of hydrogen-bond donors (Lipinski definition) is 1. The smallest absolute Gasteiger partial charge is 0.112 e. The summed E-state index contributed by atoms with van der Waals surface area (Å²) in [7, 11) is 0. The molecule has 0 bridgehead atoms. The summed E-state index contributed by atoms with van der Waals surface area (Å²) in [5, 5.41) is 18.2. The maximum atomic E-state index is 9.66. The molecule has 0 spiro atoms. The highest BCUT2D eigenvalue weighted by molar-refractivity contribution is 9.10. The van der Waals surface area contributed by atoms with Crippen molar-refractivity contribution in [3.8, 4) is 5.69 Å². The molecule has 0 aliphatic heterocycles. The van der Waals surface area contributed by atoms with E-state index in [9.17, 15) is 5.11 Å². The maximum absolute atomic E-state index is 9.66. The number of nitrogens with zero attached hydrogens (tertiary/aromatic N) is 3. The first-order chi connectivity index (χ1) is 8.13. The lowest BCUT2D eigenvalue weighted by Gasteiger charge is -2.04. The minimum absolute atomic E-state index is 0.555. The SMILES string of the molecule is CCC(O)c1cn(-c2cccc(Cl)c2Br)nn1. The van der Waals surface area contributed by atoms with Gasteiger partial charge in [-0.25, -0.2) is 4.68 Å². The highest BCUT2D eigenvalue weighted by atomic mass is 79.9. The van der Waals surface area contributed by atoms with Crippen LogP contribution in [0.2, 0.25) is 5.02 Å². The summed E-state index contributed by atoms with van der Waals surface area (Å²) in [6, 6.07) is 5.49. The zero-order valence-electron chi connectivity index (χ0n) is 9.14. The van der Waals surface area contributed by atoms with Crippen molar-refractivity contribution in [1.82, 2.24) is 15.0 Å². The Labute approximate surface area is 112 Å². The number of aromatic nitrogens is 3. The van der Waals surface area contributed by atoms with Crippen molar-refractivity contribution in [3.05, 3.63) is 39.6 Å². The number of aliphatic hydroxyl groups is 1. The van der Waals surface area contributed by atoms with Gasteiger partial charge in [0, 0.05) is 0 Å². The van der Waals surface area contributed by atoms with Gasteiger partial charge < -0.3 is 5.11 Å². The number of benzene rings is 1. The Kier molecular flexibility index (Phi) is 3.81. The fraction of sp³-hybridized carbons (Fsp3) is 0.273. The topological polar surface area (TPSA) is 50.9 Å². The summed E-state index contributed by atoms with van der Waals surface area (Å²) in [5.41, 5.74) is 1.35. The number of aliphatic hydroxyl groups excluding tert-OH is 1. The highest BCUT2D eigenvalue weighted by Gasteiger charge is 2.12. The molecule has 1 aromatic heterocycles. The standard InChI is InChI=1S/C11H11BrClN3O/c1-2-10(17)8-6-16(15-14-8)9-5-3-4-7(13)11(9)12/h3-6,10,17H,2H2,1H3. The zero-order valence-corrected chi connectivity index (χ0v) is 11.5. The fourth-order valence-electron chi connectivity index (χ4n) is 1.43. The molecule has 0 radical (unpaired) electrons. The van der Waals surface area contributed by atoms with Crippen LogP contribution >= 0.6 is 27.5 Å². The summed E-state index contributed by atoms with van der Waals surface area (Å²) < 4.78 is 2.34. The zero-order chi connectivity index (χ0) is 12.4. The van der Waals surface area contributed by atoms with E-state index in [2.05, 4.69) is 26.2 Å². The molecule has 17 heavy (non-hydrogen) atoms.